The van der Waals surface area contributed by atoms with Crippen molar-refractivity contribution in [1.29, 1.82) is 0 Å². The van der Waals surface area contributed by atoms with E-state index in [4.69, 9.17) is 18.7 Å². The molecule has 0 fully saturated rings. The Bertz CT molecular complexity index is 758. The van der Waals surface area contributed by atoms with Crippen molar-refractivity contribution in [1.82, 2.24) is 15.8 Å². The molecular weight excluding hydrogens is 499 g/mol. The molecule has 0 spiro atoms. The number of nitrogens with zero attached hydrogens (tertiary/aromatic N) is 2. The second-order valence-electron chi connectivity index (χ2n) is 6.75. The summed E-state index contributed by atoms with van der Waals surface area (Å²) in [6, 6.07) is 7.44. The average molecular weight is 532 g/mol. The third-order valence-corrected chi connectivity index (χ3v) is 4.11. The fourth-order valence-corrected chi connectivity index (χ4v) is 2.51. The van der Waals surface area contributed by atoms with Gasteiger partial charge in [0, 0.05) is 37.4 Å². The summed E-state index contributed by atoms with van der Waals surface area (Å²) in [5.74, 6) is 3.94. The first-order chi connectivity index (χ1) is 14.0. The topological polar surface area (TPSA) is 90.1 Å². The minimum Gasteiger partial charge on any atom is -0.496 e. The van der Waals surface area contributed by atoms with Crippen LogP contribution in [0.2, 0.25) is 0 Å². The summed E-state index contributed by atoms with van der Waals surface area (Å²) in [6.07, 6.45) is 0.809. The van der Waals surface area contributed by atoms with E-state index in [1.807, 2.05) is 31.2 Å². The summed E-state index contributed by atoms with van der Waals surface area (Å²) in [6.45, 7) is 8.69. The zero-order valence-corrected chi connectivity index (χ0v) is 20.7. The summed E-state index contributed by atoms with van der Waals surface area (Å²) >= 11 is 0. The highest BCUT2D eigenvalue weighted by molar-refractivity contribution is 14.0. The first kappa shape index (κ1) is 25.9. The van der Waals surface area contributed by atoms with E-state index in [-0.39, 0.29) is 24.0 Å². The number of aliphatic imine (C=N–C) groups is 1. The van der Waals surface area contributed by atoms with Crippen LogP contribution in [-0.4, -0.2) is 45.0 Å². The van der Waals surface area contributed by atoms with Gasteiger partial charge in [0.15, 0.2) is 11.7 Å². The van der Waals surface area contributed by atoms with E-state index >= 15 is 0 Å². The molecule has 0 radical (unpaired) electrons. The third-order valence-electron chi connectivity index (χ3n) is 4.11. The third kappa shape index (κ3) is 8.68. The van der Waals surface area contributed by atoms with Crippen LogP contribution in [0, 0.1) is 0 Å². The van der Waals surface area contributed by atoms with Gasteiger partial charge in [-0.05, 0) is 19.3 Å². The normalized spacial score (nSPS) is 11.1. The van der Waals surface area contributed by atoms with Crippen molar-refractivity contribution < 1.29 is 18.7 Å². The summed E-state index contributed by atoms with van der Waals surface area (Å²) in [5.41, 5.74) is 0.944. The first-order valence-electron chi connectivity index (χ1n) is 9.89. The van der Waals surface area contributed by atoms with Crippen molar-refractivity contribution >= 4 is 29.9 Å². The van der Waals surface area contributed by atoms with Crippen molar-refractivity contribution in [2.75, 3.05) is 33.9 Å². The van der Waals surface area contributed by atoms with Gasteiger partial charge in [0.2, 0.25) is 0 Å². The van der Waals surface area contributed by atoms with E-state index in [9.17, 15) is 0 Å². The van der Waals surface area contributed by atoms with Gasteiger partial charge in [0.1, 0.15) is 23.8 Å². The maximum atomic E-state index is 5.80. The van der Waals surface area contributed by atoms with Gasteiger partial charge in [0.25, 0.3) is 0 Å². The molecule has 0 amide bonds. The number of methoxy groups -OCH3 is 2. The molecule has 0 aliphatic heterocycles. The van der Waals surface area contributed by atoms with E-state index < -0.39 is 0 Å². The van der Waals surface area contributed by atoms with Gasteiger partial charge in [-0.2, -0.15) is 0 Å². The van der Waals surface area contributed by atoms with Crippen molar-refractivity contribution in [2.45, 2.75) is 39.7 Å². The van der Waals surface area contributed by atoms with Gasteiger partial charge in [0.05, 0.1) is 26.5 Å². The average Bonchev–Trinajstić information content (AvgIpc) is 3.20. The number of rotatable bonds is 11. The molecule has 0 unspecified atom stereocenters. The number of halogens is 1. The Labute approximate surface area is 195 Å². The van der Waals surface area contributed by atoms with Gasteiger partial charge >= 0.3 is 0 Å². The molecule has 2 aromatic rings. The molecule has 0 saturated carbocycles. The van der Waals surface area contributed by atoms with Crippen LogP contribution in [0.4, 0.5) is 0 Å². The molecule has 0 bridgehead atoms. The molecule has 2 rings (SSSR count). The van der Waals surface area contributed by atoms with Crippen molar-refractivity contribution in [3.8, 4) is 17.2 Å². The smallest absolute Gasteiger partial charge is 0.191 e. The predicted molar refractivity (Wildman–Crippen MR) is 128 cm³/mol. The Kier molecular flexibility index (Phi) is 12.0. The van der Waals surface area contributed by atoms with E-state index in [2.05, 4.69) is 34.6 Å². The minimum atomic E-state index is 0. The molecular formula is C21H33IN4O4. The molecule has 9 heteroatoms. The highest BCUT2D eigenvalue weighted by Gasteiger charge is 2.07. The van der Waals surface area contributed by atoms with Crippen LogP contribution in [0.1, 0.15) is 44.6 Å². The van der Waals surface area contributed by atoms with Crippen LogP contribution in [0.15, 0.2) is 33.8 Å². The number of ether oxygens (including phenoxy) is 3. The monoisotopic (exact) mass is 532 g/mol. The van der Waals surface area contributed by atoms with Crippen LogP contribution < -0.4 is 24.8 Å². The molecule has 1 heterocycles. The summed E-state index contributed by atoms with van der Waals surface area (Å²) < 4.78 is 21.6. The van der Waals surface area contributed by atoms with E-state index in [0.29, 0.717) is 36.3 Å². The molecule has 0 atom stereocenters. The zero-order valence-electron chi connectivity index (χ0n) is 18.4. The molecule has 168 valence electrons. The molecule has 0 saturated heterocycles. The largest absolute Gasteiger partial charge is 0.496 e. The number of hydrogen-bond donors (Lipinski definition) is 2. The van der Waals surface area contributed by atoms with E-state index in [1.165, 1.54) is 0 Å². The Hall–Kier alpha value is -2.17. The van der Waals surface area contributed by atoms with Gasteiger partial charge in [-0.1, -0.05) is 19.0 Å². The number of benzene rings is 1. The lowest BCUT2D eigenvalue weighted by molar-refractivity contribution is 0.305. The summed E-state index contributed by atoms with van der Waals surface area (Å²) in [4.78, 5) is 4.54. The Morgan fingerprint density at radius 2 is 1.73 bits per heavy atom. The molecule has 2 N–H and O–H groups in total. The predicted octanol–water partition coefficient (Wildman–Crippen LogP) is 3.96. The van der Waals surface area contributed by atoms with Gasteiger partial charge in [-0.25, -0.2) is 4.99 Å². The number of guanidine groups is 1. The molecule has 1 aromatic carbocycles. The number of nitrogens with one attached hydrogen (secondary N) is 2. The second kappa shape index (κ2) is 13.9. The van der Waals surface area contributed by atoms with Gasteiger partial charge in [-0.15, -0.1) is 24.0 Å². The van der Waals surface area contributed by atoms with E-state index in [1.54, 1.807) is 14.2 Å². The summed E-state index contributed by atoms with van der Waals surface area (Å²) in [7, 11) is 3.24. The van der Waals surface area contributed by atoms with Crippen LogP contribution >= 0.6 is 24.0 Å². The fourth-order valence-electron chi connectivity index (χ4n) is 2.51. The van der Waals surface area contributed by atoms with Crippen LogP contribution in [0.5, 0.6) is 17.2 Å². The molecule has 30 heavy (non-hydrogen) atoms. The SMILES string of the molecule is CCNC(=NCc1cc(C(C)C)no1)NCCCOc1cc(OC)cc(OC)c1.I. The van der Waals surface area contributed by atoms with Crippen LogP contribution in [0.25, 0.3) is 0 Å². The molecule has 0 aliphatic rings. The maximum absolute atomic E-state index is 5.80. The standard InChI is InChI=1S/C21H32N4O4.HI/c1-6-22-21(24-14-19-13-20(15(2)3)25-29-19)23-8-7-9-28-18-11-16(26-4)10-17(12-18)27-5;/h10-13,15H,6-9,14H2,1-5H3,(H2,22,23,24);1H. The molecule has 1 aromatic heterocycles. The fraction of sp³-hybridized carbons (Fsp3) is 0.524. The maximum Gasteiger partial charge on any atom is 0.191 e. The lowest BCUT2D eigenvalue weighted by Crippen LogP contribution is -2.38. The second-order valence-corrected chi connectivity index (χ2v) is 6.75. The highest BCUT2D eigenvalue weighted by atomic mass is 127. The number of hydrogen-bond acceptors (Lipinski definition) is 6. The van der Waals surface area contributed by atoms with E-state index in [0.717, 1.165) is 36.9 Å². The van der Waals surface area contributed by atoms with Crippen LogP contribution in [-0.2, 0) is 6.54 Å². The minimum absolute atomic E-state index is 0. The lowest BCUT2D eigenvalue weighted by Gasteiger charge is -2.12. The molecule has 0 aliphatic carbocycles. The Morgan fingerprint density at radius 3 is 2.30 bits per heavy atom. The first-order valence-corrected chi connectivity index (χ1v) is 9.89. The quantitative estimate of drug-likeness (QED) is 0.196. The van der Waals surface area contributed by atoms with Gasteiger partial charge < -0.3 is 29.4 Å². The summed E-state index contributed by atoms with van der Waals surface area (Å²) in [5, 5.41) is 10.6. The highest BCUT2D eigenvalue weighted by Crippen LogP contribution is 2.27. The Balaban J connectivity index is 0.00000450. The van der Waals surface area contributed by atoms with Crippen LogP contribution in [0.3, 0.4) is 0 Å². The molecule has 8 nitrogen and oxygen atoms in total. The number of aromatic nitrogens is 1. The van der Waals surface area contributed by atoms with Crippen molar-refractivity contribution in [3.63, 3.8) is 0 Å². The lowest BCUT2D eigenvalue weighted by atomic mass is 10.1. The van der Waals surface area contributed by atoms with Gasteiger partial charge in [-0.3, -0.25) is 0 Å². The van der Waals surface area contributed by atoms with Crippen molar-refractivity contribution in [2.24, 2.45) is 4.99 Å². The Morgan fingerprint density at radius 1 is 1.07 bits per heavy atom. The zero-order chi connectivity index (χ0) is 21.1. The van der Waals surface area contributed by atoms with Crippen molar-refractivity contribution in [3.05, 3.63) is 35.7 Å².